The Morgan fingerprint density at radius 2 is 1.93 bits per heavy atom. The van der Waals surface area contributed by atoms with Crippen molar-refractivity contribution in [1.29, 1.82) is 0 Å². The average molecular weight is 246 g/mol. The van der Waals surface area contributed by atoms with Crippen LogP contribution in [0.3, 0.4) is 0 Å². The predicted octanol–water partition coefficient (Wildman–Crippen LogP) is 0.892. The molecule has 1 saturated heterocycles. The molecule has 0 bridgehead atoms. The number of thiocarbonyl (C=S) groups is 2. The summed E-state index contributed by atoms with van der Waals surface area (Å²) in [6, 6.07) is 0. The van der Waals surface area contributed by atoms with Crippen LogP contribution in [0.2, 0.25) is 0 Å². The minimum Gasteiger partial charge on any atom is -0.458 e. The minimum atomic E-state index is -1.04. The van der Waals surface area contributed by atoms with Gasteiger partial charge in [-0.1, -0.05) is 12.2 Å². The SMILES string of the molecule is CC(C)(C)OC(=O)C1(C)NC(=S)NC1=S. The molecule has 1 unspecified atom stereocenters. The third-order valence-electron chi connectivity index (χ3n) is 1.85. The first-order valence-electron chi connectivity index (χ1n) is 4.52. The van der Waals surface area contributed by atoms with Crippen molar-refractivity contribution in [2.24, 2.45) is 0 Å². The molecule has 0 aromatic rings. The molecule has 0 saturated carbocycles. The summed E-state index contributed by atoms with van der Waals surface area (Å²) in [6.07, 6.45) is 0. The van der Waals surface area contributed by atoms with Gasteiger partial charge in [0.2, 0.25) is 0 Å². The molecule has 0 aromatic heterocycles. The molecular weight excluding hydrogens is 232 g/mol. The van der Waals surface area contributed by atoms with E-state index in [9.17, 15) is 4.79 Å². The van der Waals surface area contributed by atoms with Crippen molar-refractivity contribution in [3.63, 3.8) is 0 Å². The monoisotopic (exact) mass is 246 g/mol. The fraction of sp³-hybridized carbons (Fsp3) is 0.667. The van der Waals surface area contributed by atoms with Gasteiger partial charge in [-0.25, -0.2) is 4.79 Å². The standard InChI is InChI=1S/C9H14N2O2S2/c1-8(2,3)13-6(12)9(4)5(14)10-7(15)11-9/h1-4H3,(H2,10,11,14,15). The Bertz CT molecular complexity index is 335. The molecule has 2 N–H and O–H groups in total. The van der Waals surface area contributed by atoms with Crippen molar-refractivity contribution in [2.45, 2.75) is 38.8 Å². The number of rotatable bonds is 1. The van der Waals surface area contributed by atoms with Crippen molar-refractivity contribution in [3.8, 4) is 0 Å². The molecule has 1 atom stereocenters. The van der Waals surface area contributed by atoms with Crippen molar-refractivity contribution < 1.29 is 9.53 Å². The molecule has 0 aliphatic carbocycles. The van der Waals surface area contributed by atoms with Crippen molar-refractivity contribution >= 4 is 40.5 Å². The minimum absolute atomic E-state index is 0.349. The molecule has 1 aliphatic rings. The number of hydrogen-bond acceptors (Lipinski definition) is 4. The lowest BCUT2D eigenvalue weighted by molar-refractivity contribution is -0.158. The zero-order valence-corrected chi connectivity index (χ0v) is 10.8. The molecule has 1 heterocycles. The summed E-state index contributed by atoms with van der Waals surface area (Å²) >= 11 is 9.92. The number of nitrogens with one attached hydrogen (secondary N) is 2. The number of carbonyl (C=O) groups excluding carboxylic acids is 1. The number of carbonyl (C=O) groups is 1. The summed E-state index contributed by atoms with van der Waals surface area (Å²) in [5.41, 5.74) is -1.58. The van der Waals surface area contributed by atoms with E-state index in [4.69, 9.17) is 29.2 Å². The largest absolute Gasteiger partial charge is 0.458 e. The van der Waals surface area contributed by atoms with E-state index in [-0.39, 0.29) is 0 Å². The van der Waals surface area contributed by atoms with E-state index in [0.29, 0.717) is 10.1 Å². The highest BCUT2D eigenvalue weighted by molar-refractivity contribution is 7.82. The van der Waals surface area contributed by atoms with Gasteiger partial charge in [0.15, 0.2) is 10.7 Å². The second-order valence-corrected chi connectivity index (χ2v) is 5.35. The fourth-order valence-corrected chi connectivity index (χ4v) is 1.67. The molecule has 0 aromatic carbocycles. The smallest absolute Gasteiger partial charge is 0.339 e. The lowest BCUT2D eigenvalue weighted by Gasteiger charge is -2.27. The van der Waals surface area contributed by atoms with Gasteiger partial charge < -0.3 is 15.4 Å². The number of esters is 1. The highest BCUT2D eigenvalue weighted by Gasteiger charge is 2.46. The van der Waals surface area contributed by atoms with Gasteiger partial charge in [-0.2, -0.15) is 0 Å². The van der Waals surface area contributed by atoms with Crippen LogP contribution in [-0.2, 0) is 9.53 Å². The van der Waals surface area contributed by atoms with Crippen LogP contribution >= 0.6 is 24.4 Å². The van der Waals surface area contributed by atoms with Crippen LogP contribution in [0.25, 0.3) is 0 Å². The normalized spacial score (nSPS) is 25.9. The van der Waals surface area contributed by atoms with Gasteiger partial charge in [-0.15, -0.1) is 0 Å². The Morgan fingerprint density at radius 1 is 1.40 bits per heavy atom. The maximum absolute atomic E-state index is 11.9. The number of hydrogen-bond donors (Lipinski definition) is 2. The van der Waals surface area contributed by atoms with Gasteiger partial charge in [0.05, 0.1) is 0 Å². The average Bonchev–Trinajstić information content (AvgIpc) is 2.23. The van der Waals surface area contributed by atoms with E-state index >= 15 is 0 Å². The quantitative estimate of drug-likeness (QED) is 0.529. The highest BCUT2D eigenvalue weighted by Crippen LogP contribution is 2.18. The molecule has 4 nitrogen and oxygen atoms in total. The topological polar surface area (TPSA) is 50.4 Å². The second-order valence-electron chi connectivity index (χ2n) is 4.54. The first kappa shape index (κ1) is 12.3. The van der Waals surface area contributed by atoms with Crippen LogP contribution in [0.4, 0.5) is 0 Å². The van der Waals surface area contributed by atoms with Crippen molar-refractivity contribution in [1.82, 2.24) is 10.6 Å². The molecule has 15 heavy (non-hydrogen) atoms. The third kappa shape index (κ3) is 2.63. The molecule has 1 aliphatic heterocycles. The molecule has 1 fully saturated rings. The molecule has 0 radical (unpaired) electrons. The van der Waals surface area contributed by atoms with Crippen LogP contribution in [-0.4, -0.2) is 27.2 Å². The van der Waals surface area contributed by atoms with Gasteiger partial charge in [-0.3, -0.25) is 0 Å². The van der Waals surface area contributed by atoms with Gasteiger partial charge in [-0.05, 0) is 39.9 Å². The van der Waals surface area contributed by atoms with Gasteiger partial charge in [0.25, 0.3) is 0 Å². The van der Waals surface area contributed by atoms with Crippen LogP contribution in [0.1, 0.15) is 27.7 Å². The summed E-state index contributed by atoms with van der Waals surface area (Å²) in [5.74, 6) is -0.424. The Balaban J connectivity index is 2.83. The maximum Gasteiger partial charge on any atom is 0.339 e. The molecule has 0 spiro atoms. The first-order chi connectivity index (χ1) is 6.65. The Labute approximate surface area is 99.7 Å². The lowest BCUT2D eigenvalue weighted by atomic mass is 10.0. The third-order valence-corrected chi connectivity index (χ3v) is 2.57. The van der Waals surface area contributed by atoms with E-state index in [0.717, 1.165) is 0 Å². The molecule has 84 valence electrons. The van der Waals surface area contributed by atoms with E-state index in [1.54, 1.807) is 27.7 Å². The van der Waals surface area contributed by atoms with E-state index in [2.05, 4.69) is 10.6 Å². The van der Waals surface area contributed by atoms with Crippen molar-refractivity contribution in [2.75, 3.05) is 0 Å². The zero-order chi connectivity index (χ0) is 11.9. The van der Waals surface area contributed by atoms with Crippen molar-refractivity contribution in [3.05, 3.63) is 0 Å². The first-order valence-corrected chi connectivity index (χ1v) is 5.34. The summed E-state index contributed by atoms with van der Waals surface area (Å²) in [6.45, 7) is 7.06. The molecule has 1 rings (SSSR count). The van der Waals surface area contributed by atoms with E-state index < -0.39 is 17.1 Å². The molecular formula is C9H14N2O2S2. The number of ether oxygens (including phenoxy) is 1. The Kier molecular flexibility index (Phi) is 3.02. The van der Waals surface area contributed by atoms with Gasteiger partial charge in [0, 0.05) is 0 Å². The summed E-state index contributed by atoms with van der Waals surface area (Å²) in [4.78, 5) is 12.2. The van der Waals surface area contributed by atoms with E-state index in [1.807, 2.05) is 0 Å². The predicted molar refractivity (Wildman–Crippen MR) is 65.7 cm³/mol. The highest BCUT2D eigenvalue weighted by atomic mass is 32.1. The van der Waals surface area contributed by atoms with E-state index in [1.165, 1.54) is 0 Å². The fourth-order valence-electron chi connectivity index (χ4n) is 1.07. The van der Waals surface area contributed by atoms with Crippen LogP contribution < -0.4 is 10.6 Å². The Hall–Kier alpha value is -0.750. The Morgan fingerprint density at radius 3 is 2.27 bits per heavy atom. The van der Waals surface area contributed by atoms with Gasteiger partial charge in [0.1, 0.15) is 10.6 Å². The van der Waals surface area contributed by atoms with Crippen LogP contribution in [0.15, 0.2) is 0 Å². The van der Waals surface area contributed by atoms with Crippen LogP contribution in [0, 0.1) is 0 Å². The lowest BCUT2D eigenvalue weighted by Crippen LogP contribution is -2.53. The molecule has 6 heteroatoms. The van der Waals surface area contributed by atoms with Crippen LogP contribution in [0.5, 0.6) is 0 Å². The summed E-state index contributed by atoms with van der Waals surface area (Å²) in [7, 11) is 0. The zero-order valence-electron chi connectivity index (χ0n) is 9.13. The summed E-state index contributed by atoms with van der Waals surface area (Å²) in [5, 5.41) is 5.89. The molecule has 0 amide bonds. The van der Waals surface area contributed by atoms with Gasteiger partial charge >= 0.3 is 5.97 Å². The maximum atomic E-state index is 11.9. The summed E-state index contributed by atoms with van der Waals surface area (Å²) < 4.78 is 5.25. The second kappa shape index (κ2) is 3.68.